The number of carboxylic acids is 1. The highest BCUT2D eigenvalue weighted by Gasteiger charge is 2.18. The Labute approximate surface area is 142 Å². The van der Waals surface area contributed by atoms with Crippen LogP contribution in [0.1, 0.15) is 22.8 Å². The molecule has 0 aliphatic rings. The second kappa shape index (κ2) is 6.01. The zero-order chi connectivity index (χ0) is 17.4. The van der Waals surface area contributed by atoms with Gasteiger partial charge in [-0.3, -0.25) is 9.78 Å². The molecule has 2 heterocycles. The van der Waals surface area contributed by atoms with Crippen LogP contribution in [0.4, 0.5) is 0 Å². The first-order chi connectivity index (χ1) is 11.4. The minimum atomic E-state index is -1.18. The van der Waals surface area contributed by atoms with Gasteiger partial charge in [0.2, 0.25) is 0 Å². The zero-order valence-corrected chi connectivity index (χ0v) is 14.0. The van der Waals surface area contributed by atoms with Crippen molar-refractivity contribution in [1.82, 2.24) is 14.5 Å². The van der Waals surface area contributed by atoms with E-state index in [1.807, 2.05) is 38.1 Å². The smallest absolute Gasteiger partial charge is 0.336 e. The van der Waals surface area contributed by atoms with Crippen LogP contribution in [0.2, 0.25) is 0 Å². The van der Waals surface area contributed by atoms with Gasteiger partial charge in [0.05, 0.1) is 16.6 Å². The van der Waals surface area contributed by atoms with Crippen LogP contribution >= 0.6 is 12.2 Å². The van der Waals surface area contributed by atoms with E-state index < -0.39 is 11.5 Å². The van der Waals surface area contributed by atoms with Crippen molar-refractivity contribution in [3.63, 3.8) is 0 Å². The predicted molar refractivity (Wildman–Crippen MR) is 94.0 cm³/mol. The lowest BCUT2D eigenvalue weighted by molar-refractivity contribution is 0.0699. The average Bonchev–Trinajstić information content (AvgIpc) is 2.54. The molecule has 0 aliphatic heterocycles. The summed E-state index contributed by atoms with van der Waals surface area (Å²) >= 11 is 5.17. The van der Waals surface area contributed by atoms with E-state index in [1.54, 1.807) is 4.57 Å². The fourth-order valence-electron chi connectivity index (χ4n) is 2.61. The molecule has 0 radical (unpaired) electrons. The number of H-pyrrole nitrogens is 1. The van der Waals surface area contributed by atoms with Crippen molar-refractivity contribution >= 4 is 29.2 Å². The topological polar surface area (TPSA) is 88.0 Å². The molecule has 3 rings (SSSR count). The molecule has 2 aromatic heterocycles. The van der Waals surface area contributed by atoms with Gasteiger partial charge in [0, 0.05) is 12.1 Å². The van der Waals surface area contributed by atoms with Crippen LogP contribution in [0.5, 0.6) is 0 Å². The lowest BCUT2D eigenvalue weighted by atomic mass is 10.1. The summed E-state index contributed by atoms with van der Waals surface area (Å²) in [7, 11) is 0. The number of aryl methyl sites for hydroxylation is 2. The highest BCUT2D eigenvalue weighted by molar-refractivity contribution is 7.71. The highest BCUT2D eigenvalue weighted by atomic mass is 32.1. The number of aromatic carboxylic acids is 1. The maximum Gasteiger partial charge on any atom is 0.336 e. The second-order valence-corrected chi connectivity index (χ2v) is 5.82. The van der Waals surface area contributed by atoms with E-state index in [0.717, 1.165) is 11.1 Å². The second-order valence-electron chi connectivity index (χ2n) is 5.43. The van der Waals surface area contributed by atoms with Crippen LogP contribution in [-0.2, 0) is 6.54 Å². The maximum atomic E-state index is 12.2. The highest BCUT2D eigenvalue weighted by Crippen LogP contribution is 2.23. The van der Waals surface area contributed by atoms with Crippen molar-refractivity contribution in [2.75, 3.05) is 0 Å². The minimum Gasteiger partial charge on any atom is -0.478 e. The number of benzene rings is 1. The number of aromatic nitrogens is 3. The van der Waals surface area contributed by atoms with E-state index in [0.29, 0.717) is 12.2 Å². The molecular weight excluding hydrogens is 326 g/mol. The summed E-state index contributed by atoms with van der Waals surface area (Å²) < 4.78 is 1.84. The van der Waals surface area contributed by atoms with Crippen molar-refractivity contribution in [2.24, 2.45) is 0 Å². The van der Waals surface area contributed by atoms with E-state index in [1.165, 1.54) is 6.07 Å². The van der Waals surface area contributed by atoms with Crippen molar-refractivity contribution < 1.29 is 9.90 Å². The molecule has 0 amide bonds. The van der Waals surface area contributed by atoms with Gasteiger partial charge in [-0.05, 0) is 32.1 Å². The molecule has 2 N–H and O–H groups in total. The number of rotatable bonds is 3. The summed E-state index contributed by atoms with van der Waals surface area (Å²) in [6.07, 6.45) is 0. The van der Waals surface area contributed by atoms with Gasteiger partial charge in [0.15, 0.2) is 4.77 Å². The molecule has 0 fully saturated rings. The van der Waals surface area contributed by atoms with Gasteiger partial charge >= 0.3 is 5.97 Å². The van der Waals surface area contributed by atoms with Crippen LogP contribution < -0.4 is 5.56 Å². The Bertz CT molecular complexity index is 1070. The Hall–Kier alpha value is -2.80. The number of nitrogens with one attached hydrogen (secondary N) is 1. The molecule has 0 saturated carbocycles. The number of fused-ring (bicyclic) bond motifs is 1. The summed E-state index contributed by atoms with van der Waals surface area (Å²) in [6.45, 7) is 4.29. The summed E-state index contributed by atoms with van der Waals surface area (Å²) in [6, 6.07) is 9.01. The van der Waals surface area contributed by atoms with Crippen LogP contribution in [0, 0.1) is 11.7 Å². The Morgan fingerprint density at radius 1 is 1.33 bits per heavy atom. The fourth-order valence-corrected chi connectivity index (χ4v) is 2.92. The van der Waals surface area contributed by atoms with Crippen molar-refractivity contribution in [3.05, 3.63) is 56.6 Å². The summed E-state index contributed by atoms with van der Waals surface area (Å²) in [5, 5.41) is 9.58. The maximum absolute atomic E-state index is 12.2. The summed E-state index contributed by atoms with van der Waals surface area (Å²) in [5.41, 5.74) is 2.00. The molecular formula is C17H15N3O3S. The van der Waals surface area contributed by atoms with E-state index in [2.05, 4.69) is 9.97 Å². The Morgan fingerprint density at radius 2 is 2.00 bits per heavy atom. The number of aromatic amines is 1. The number of nitrogens with zero attached hydrogens (tertiary/aromatic N) is 2. The normalized spacial score (nSPS) is 10.9. The average molecular weight is 341 g/mol. The molecule has 24 heavy (non-hydrogen) atoms. The van der Waals surface area contributed by atoms with Gasteiger partial charge in [-0.25, -0.2) is 9.78 Å². The molecule has 0 spiro atoms. The van der Waals surface area contributed by atoms with Crippen LogP contribution in [0.3, 0.4) is 0 Å². The van der Waals surface area contributed by atoms with Crippen molar-refractivity contribution in [2.45, 2.75) is 20.4 Å². The van der Waals surface area contributed by atoms with Gasteiger partial charge in [-0.2, -0.15) is 0 Å². The Morgan fingerprint density at radius 3 is 2.58 bits per heavy atom. The quantitative estimate of drug-likeness (QED) is 0.715. The van der Waals surface area contributed by atoms with E-state index >= 15 is 0 Å². The first-order valence-electron chi connectivity index (χ1n) is 7.40. The third-order valence-electron chi connectivity index (χ3n) is 3.84. The summed E-state index contributed by atoms with van der Waals surface area (Å²) in [4.78, 5) is 31.0. The lowest BCUT2D eigenvalue weighted by Crippen LogP contribution is -2.18. The lowest BCUT2D eigenvalue weighted by Gasteiger charge is -2.11. The number of carbonyl (C=O) groups is 1. The standard InChI is InChI=1S/C17H15N3O3S/c1-3-20-14-13(15(21)19-17(20)24)11(16(22)23)8-12(18-14)10-6-4-9(2)5-7-10/h4-8H,3H2,1-2H3,(H,22,23)(H,19,21,24). The molecule has 3 aromatic rings. The molecule has 6 nitrogen and oxygen atoms in total. The Balaban J connectivity index is 2.46. The van der Waals surface area contributed by atoms with Crippen LogP contribution in [0.25, 0.3) is 22.3 Å². The van der Waals surface area contributed by atoms with Gasteiger partial charge < -0.3 is 9.67 Å². The first kappa shape index (κ1) is 16.1. The third-order valence-corrected chi connectivity index (χ3v) is 4.17. The molecule has 1 aromatic carbocycles. The Kier molecular flexibility index (Phi) is 4.02. The van der Waals surface area contributed by atoms with E-state index in [-0.39, 0.29) is 21.4 Å². The van der Waals surface area contributed by atoms with Gasteiger partial charge in [-0.1, -0.05) is 29.8 Å². The molecule has 0 saturated heterocycles. The predicted octanol–water partition coefficient (Wildman–Crippen LogP) is 3.15. The van der Waals surface area contributed by atoms with Gasteiger partial charge in [0.25, 0.3) is 5.56 Å². The third kappa shape index (κ3) is 2.63. The van der Waals surface area contributed by atoms with Crippen LogP contribution in [-0.4, -0.2) is 25.6 Å². The monoisotopic (exact) mass is 341 g/mol. The molecule has 0 unspecified atom stereocenters. The van der Waals surface area contributed by atoms with Crippen molar-refractivity contribution in [3.8, 4) is 11.3 Å². The number of pyridine rings is 1. The van der Waals surface area contributed by atoms with E-state index in [4.69, 9.17) is 12.2 Å². The van der Waals surface area contributed by atoms with E-state index in [9.17, 15) is 14.7 Å². The largest absolute Gasteiger partial charge is 0.478 e. The molecule has 0 atom stereocenters. The van der Waals surface area contributed by atoms with Gasteiger partial charge in [0.1, 0.15) is 5.65 Å². The first-order valence-corrected chi connectivity index (χ1v) is 7.81. The zero-order valence-electron chi connectivity index (χ0n) is 13.2. The van der Waals surface area contributed by atoms with Crippen molar-refractivity contribution in [1.29, 1.82) is 0 Å². The molecule has 0 aliphatic carbocycles. The molecule has 0 bridgehead atoms. The number of hydrogen-bond acceptors (Lipinski definition) is 4. The molecule has 7 heteroatoms. The number of hydrogen-bond donors (Lipinski definition) is 2. The van der Waals surface area contributed by atoms with Gasteiger partial charge in [-0.15, -0.1) is 0 Å². The fraction of sp³-hybridized carbons (Fsp3) is 0.176. The molecule has 122 valence electrons. The minimum absolute atomic E-state index is 0.0359. The number of carboxylic acid groups (broad SMARTS) is 1. The SMILES string of the molecule is CCn1c(=S)[nH]c(=O)c2c(C(=O)O)cc(-c3ccc(C)cc3)nc21. The van der Waals surface area contributed by atoms with Crippen LogP contribution in [0.15, 0.2) is 35.1 Å². The summed E-state index contributed by atoms with van der Waals surface area (Å²) in [5.74, 6) is -1.18.